The number of benzene rings is 2. The zero-order valence-corrected chi connectivity index (χ0v) is 19.0. The summed E-state index contributed by atoms with van der Waals surface area (Å²) in [6.45, 7) is 1.56. The fourth-order valence-electron chi connectivity index (χ4n) is 3.12. The summed E-state index contributed by atoms with van der Waals surface area (Å²) in [7, 11) is 1.25. The Hall–Kier alpha value is -3.61. The molecule has 0 bridgehead atoms. The van der Waals surface area contributed by atoms with Gasteiger partial charge < -0.3 is 15.2 Å². The fourth-order valence-corrected chi connectivity index (χ4v) is 3.71. The van der Waals surface area contributed by atoms with Crippen LogP contribution in [0.4, 0.5) is 22.0 Å². The van der Waals surface area contributed by atoms with Gasteiger partial charge in [-0.2, -0.15) is 18.3 Å². The van der Waals surface area contributed by atoms with Crippen LogP contribution in [0.5, 0.6) is 11.6 Å². The van der Waals surface area contributed by atoms with E-state index in [1.54, 1.807) is 6.92 Å². The molecule has 0 aliphatic rings. The number of carbonyl (C=O) groups excluding carboxylic acids is 1. The van der Waals surface area contributed by atoms with Gasteiger partial charge in [0.15, 0.2) is 0 Å². The third-order valence-electron chi connectivity index (χ3n) is 4.71. The number of aromatic nitrogens is 2. The van der Waals surface area contributed by atoms with Crippen molar-refractivity contribution in [2.45, 2.75) is 29.8 Å². The zero-order chi connectivity index (χ0) is 25.9. The number of hydrogen-bond acceptors (Lipinski definition) is 5. The molecule has 13 heteroatoms. The lowest BCUT2D eigenvalue weighted by Crippen LogP contribution is -2.27. The maximum Gasteiger partial charge on any atom is 0.446 e. The van der Waals surface area contributed by atoms with E-state index in [-0.39, 0.29) is 33.9 Å². The molecule has 2 aromatic carbocycles. The van der Waals surface area contributed by atoms with Crippen LogP contribution >= 0.6 is 11.8 Å². The van der Waals surface area contributed by atoms with Gasteiger partial charge in [0.05, 0.1) is 11.6 Å². The number of carbonyl (C=O) groups is 2. The number of hydrogen-bond donors (Lipinski definition) is 2. The highest BCUT2D eigenvalue weighted by Crippen LogP contribution is 2.39. The summed E-state index contributed by atoms with van der Waals surface area (Å²) >= 11 is -0.379. The largest absolute Gasteiger partial charge is 0.478 e. The van der Waals surface area contributed by atoms with Crippen LogP contribution in [0.15, 0.2) is 53.4 Å². The number of amides is 1. The lowest BCUT2D eigenvalue weighted by atomic mass is 10.1. The SMILES string of the molecule is C[C@H](NC(=O)c1c(C(F)F)nn(C)c1Oc1cccc(SC(F)(F)F)c1)c1ccc(C(=O)O)cc1. The molecule has 2 N–H and O–H groups in total. The molecule has 0 fully saturated rings. The predicted octanol–water partition coefficient (Wildman–Crippen LogP) is 5.95. The van der Waals surface area contributed by atoms with E-state index in [1.807, 2.05) is 0 Å². The van der Waals surface area contributed by atoms with E-state index in [4.69, 9.17) is 9.84 Å². The molecule has 1 heterocycles. The lowest BCUT2D eigenvalue weighted by Gasteiger charge is -2.16. The van der Waals surface area contributed by atoms with Crippen molar-refractivity contribution in [2.24, 2.45) is 7.05 Å². The third-order valence-corrected chi connectivity index (χ3v) is 5.44. The summed E-state index contributed by atoms with van der Waals surface area (Å²) in [5.74, 6) is -2.60. The summed E-state index contributed by atoms with van der Waals surface area (Å²) in [5, 5.41) is 15.2. The van der Waals surface area contributed by atoms with Crippen molar-refractivity contribution in [3.63, 3.8) is 0 Å². The number of nitrogens with one attached hydrogen (secondary N) is 1. The molecule has 0 saturated heterocycles. The Morgan fingerprint density at radius 2 is 1.80 bits per heavy atom. The first-order chi connectivity index (χ1) is 16.4. The van der Waals surface area contributed by atoms with Crippen LogP contribution in [-0.2, 0) is 7.05 Å². The standard InChI is InChI=1S/C22H18F5N3O4S/c1-11(12-6-8-13(9-7-12)21(32)33)28-19(31)16-17(18(23)24)29-30(2)20(16)34-14-4-3-5-15(10-14)35-22(25,26)27/h3-11,18H,1-2H3,(H,28,31)(H,32,33)/t11-/m0/s1. The van der Waals surface area contributed by atoms with Gasteiger partial charge in [0.2, 0.25) is 5.88 Å². The molecule has 7 nitrogen and oxygen atoms in total. The van der Waals surface area contributed by atoms with Crippen molar-refractivity contribution < 1.29 is 41.4 Å². The molecular weight excluding hydrogens is 497 g/mol. The summed E-state index contributed by atoms with van der Waals surface area (Å²) < 4.78 is 71.8. The first-order valence-electron chi connectivity index (χ1n) is 9.88. The second kappa shape index (κ2) is 10.3. The number of nitrogens with zero attached hydrogens (tertiary/aromatic N) is 2. The van der Waals surface area contributed by atoms with Crippen molar-refractivity contribution in [3.05, 3.63) is 70.9 Å². The van der Waals surface area contributed by atoms with Crippen LogP contribution in [0.2, 0.25) is 0 Å². The van der Waals surface area contributed by atoms with Crippen LogP contribution in [0, 0.1) is 0 Å². The summed E-state index contributed by atoms with van der Waals surface area (Å²) in [6, 6.07) is 9.73. The molecular formula is C22H18F5N3O4S. The van der Waals surface area contributed by atoms with Crippen molar-refractivity contribution >= 4 is 23.6 Å². The van der Waals surface area contributed by atoms with Gasteiger partial charge in [0, 0.05) is 11.9 Å². The normalized spacial score (nSPS) is 12.5. The summed E-state index contributed by atoms with van der Waals surface area (Å²) in [4.78, 5) is 23.8. The van der Waals surface area contributed by atoms with Crippen LogP contribution in [0.25, 0.3) is 0 Å². The number of rotatable bonds is 8. The van der Waals surface area contributed by atoms with E-state index in [9.17, 15) is 31.5 Å². The molecule has 186 valence electrons. The highest BCUT2D eigenvalue weighted by atomic mass is 32.2. The summed E-state index contributed by atoms with van der Waals surface area (Å²) in [6.07, 6.45) is -3.14. The monoisotopic (exact) mass is 515 g/mol. The Morgan fingerprint density at radius 3 is 2.37 bits per heavy atom. The molecule has 1 atom stereocenters. The van der Waals surface area contributed by atoms with Gasteiger partial charge in [0.25, 0.3) is 12.3 Å². The van der Waals surface area contributed by atoms with Crippen molar-refractivity contribution in [3.8, 4) is 11.6 Å². The van der Waals surface area contributed by atoms with E-state index in [0.717, 1.165) is 10.7 Å². The first-order valence-corrected chi connectivity index (χ1v) is 10.7. The number of ether oxygens (including phenoxy) is 1. The third kappa shape index (κ3) is 6.50. The second-order valence-corrected chi connectivity index (χ2v) is 8.38. The first kappa shape index (κ1) is 26.0. The number of carboxylic acids is 1. The number of aryl methyl sites for hydroxylation is 1. The highest BCUT2D eigenvalue weighted by molar-refractivity contribution is 8.00. The number of alkyl halides is 5. The van der Waals surface area contributed by atoms with Crippen LogP contribution in [0.1, 0.15) is 51.4 Å². The number of carboxylic acid groups (broad SMARTS) is 1. The maximum absolute atomic E-state index is 13.7. The molecule has 0 radical (unpaired) electrons. The highest BCUT2D eigenvalue weighted by Gasteiger charge is 2.32. The lowest BCUT2D eigenvalue weighted by molar-refractivity contribution is -0.0328. The Morgan fingerprint density at radius 1 is 1.14 bits per heavy atom. The molecule has 0 aliphatic carbocycles. The van der Waals surface area contributed by atoms with Crippen LogP contribution in [-0.4, -0.2) is 32.3 Å². The minimum absolute atomic E-state index is 0.0288. The molecule has 1 amide bonds. The smallest absolute Gasteiger partial charge is 0.446 e. The van der Waals surface area contributed by atoms with Gasteiger partial charge in [-0.1, -0.05) is 18.2 Å². The van der Waals surface area contributed by atoms with Crippen LogP contribution < -0.4 is 10.1 Å². The Bertz CT molecular complexity index is 1230. The minimum Gasteiger partial charge on any atom is -0.478 e. The van der Waals surface area contributed by atoms with Gasteiger partial charge in [-0.05, 0) is 54.6 Å². The van der Waals surface area contributed by atoms with E-state index < -0.39 is 41.1 Å². The second-order valence-electron chi connectivity index (χ2n) is 7.24. The van der Waals surface area contributed by atoms with Gasteiger partial charge in [0.1, 0.15) is 17.0 Å². The average Bonchev–Trinajstić information content (AvgIpc) is 3.09. The molecule has 3 aromatic rings. The van der Waals surface area contributed by atoms with E-state index >= 15 is 0 Å². The number of aromatic carboxylic acids is 1. The van der Waals surface area contributed by atoms with Crippen molar-refractivity contribution in [2.75, 3.05) is 0 Å². The van der Waals surface area contributed by atoms with Crippen LogP contribution in [0.3, 0.4) is 0 Å². The summed E-state index contributed by atoms with van der Waals surface area (Å²) in [5.41, 5.74) is -5.45. The number of halogens is 5. The molecule has 0 spiro atoms. The zero-order valence-electron chi connectivity index (χ0n) is 18.1. The Balaban J connectivity index is 1.90. The minimum atomic E-state index is -4.54. The fraction of sp³-hybridized carbons (Fsp3) is 0.227. The quantitative estimate of drug-likeness (QED) is 0.285. The van der Waals surface area contributed by atoms with Gasteiger partial charge in [-0.25, -0.2) is 18.3 Å². The molecule has 0 unspecified atom stereocenters. The Kier molecular flexibility index (Phi) is 7.68. The van der Waals surface area contributed by atoms with E-state index in [0.29, 0.717) is 5.56 Å². The van der Waals surface area contributed by atoms with Crippen molar-refractivity contribution in [1.82, 2.24) is 15.1 Å². The maximum atomic E-state index is 13.7. The van der Waals surface area contributed by atoms with Crippen molar-refractivity contribution in [1.29, 1.82) is 0 Å². The van der Waals surface area contributed by atoms with Gasteiger partial charge >= 0.3 is 11.5 Å². The predicted molar refractivity (Wildman–Crippen MR) is 116 cm³/mol. The number of thioether (sulfide) groups is 1. The molecule has 1 aromatic heterocycles. The average molecular weight is 515 g/mol. The molecule has 35 heavy (non-hydrogen) atoms. The van der Waals surface area contributed by atoms with E-state index in [1.165, 1.54) is 49.5 Å². The topological polar surface area (TPSA) is 93.5 Å². The van der Waals surface area contributed by atoms with E-state index in [2.05, 4.69) is 10.4 Å². The Labute approximate surface area is 199 Å². The molecule has 3 rings (SSSR count). The molecule has 0 aliphatic heterocycles. The molecule has 0 saturated carbocycles. The van der Waals surface area contributed by atoms with Gasteiger partial charge in [-0.15, -0.1) is 0 Å². The van der Waals surface area contributed by atoms with Gasteiger partial charge in [-0.3, -0.25) is 4.79 Å².